The van der Waals surface area contributed by atoms with Crippen molar-refractivity contribution in [3.8, 4) is 0 Å². The van der Waals surface area contributed by atoms with Crippen molar-refractivity contribution < 1.29 is 14.7 Å². The Morgan fingerprint density at radius 1 is 1.56 bits per heavy atom. The lowest BCUT2D eigenvalue weighted by Gasteiger charge is -2.04. The Kier molecular flexibility index (Phi) is 3.09. The summed E-state index contributed by atoms with van der Waals surface area (Å²) in [5.41, 5.74) is 0.783. The summed E-state index contributed by atoms with van der Waals surface area (Å²) in [6.45, 7) is 1.60. The number of carbonyl (C=O) groups excluding carboxylic acids is 1. The van der Waals surface area contributed by atoms with Crippen LogP contribution in [0.3, 0.4) is 0 Å². The van der Waals surface area contributed by atoms with Crippen LogP contribution >= 0.6 is 0 Å². The molecule has 94 valence electrons. The highest BCUT2D eigenvalue weighted by molar-refractivity contribution is 6.01. The minimum atomic E-state index is -1.09. The lowest BCUT2D eigenvalue weighted by Crippen LogP contribution is -2.20. The molecule has 0 aliphatic carbocycles. The SMILES string of the molecule is Cc1[nH]cc(NC(=O)Cn2ccnn2)c1C(=O)O. The molecule has 0 aliphatic heterocycles. The van der Waals surface area contributed by atoms with Gasteiger partial charge < -0.3 is 15.4 Å². The van der Waals surface area contributed by atoms with Gasteiger partial charge in [-0.1, -0.05) is 5.21 Å². The maximum absolute atomic E-state index is 11.7. The number of hydrogen-bond acceptors (Lipinski definition) is 4. The number of aromatic nitrogens is 4. The van der Waals surface area contributed by atoms with Gasteiger partial charge in [-0.15, -0.1) is 5.10 Å². The van der Waals surface area contributed by atoms with E-state index in [4.69, 9.17) is 5.11 Å². The Morgan fingerprint density at radius 2 is 2.33 bits per heavy atom. The highest BCUT2D eigenvalue weighted by Gasteiger charge is 2.17. The molecule has 0 spiro atoms. The minimum Gasteiger partial charge on any atom is -0.478 e. The number of carboxylic acid groups (broad SMARTS) is 1. The molecule has 18 heavy (non-hydrogen) atoms. The van der Waals surface area contributed by atoms with Crippen LogP contribution in [0.15, 0.2) is 18.6 Å². The predicted molar refractivity (Wildman–Crippen MR) is 61.1 cm³/mol. The molecule has 0 bridgehead atoms. The number of nitrogens with zero attached hydrogens (tertiary/aromatic N) is 3. The van der Waals surface area contributed by atoms with E-state index in [-0.39, 0.29) is 23.7 Å². The second kappa shape index (κ2) is 4.70. The van der Waals surface area contributed by atoms with Gasteiger partial charge in [0.1, 0.15) is 12.1 Å². The maximum atomic E-state index is 11.7. The summed E-state index contributed by atoms with van der Waals surface area (Å²) in [7, 11) is 0. The van der Waals surface area contributed by atoms with Crippen LogP contribution in [0.4, 0.5) is 5.69 Å². The van der Waals surface area contributed by atoms with Gasteiger partial charge in [0.25, 0.3) is 0 Å². The van der Waals surface area contributed by atoms with E-state index in [1.165, 1.54) is 17.1 Å². The van der Waals surface area contributed by atoms with E-state index < -0.39 is 5.97 Å². The van der Waals surface area contributed by atoms with Crippen LogP contribution in [-0.2, 0) is 11.3 Å². The molecule has 3 N–H and O–H groups in total. The Morgan fingerprint density at radius 3 is 2.94 bits per heavy atom. The van der Waals surface area contributed by atoms with Crippen LogP contribution < -0.4 is 5.32 Å². The summed E-state index contributed by atoms with van der Waals surface area (Å²) in [6.07, 6.45) is 4.44. The van der Waals surface area contributed by atoms with Crippen molar-refractivity contribution in [2.75, 3.05) is 5.32 Å². The summed E-state index contributed by atoms with van der Waals surface area (Å²) in [6, 6.07) is 0. The maximum Gasteiger partial charge on any atom is 0.339 e. The monoisotopic (exact) mass is 249 g/mol. The van der Waals surface area contributed by atoms with E-state index in [9.17, 15) is 9.59 Å². The number of aromatic amines is 1. The number of nitrogens with one attached hydrogen (secondary N) is 2. The number of hydrogen-bond donors (Lipinski definition) is 3. The van der Waals surface area contributed by atoms with Gasteiger partial charge in [-0.2, -0.15) is 0 Å². The van der Waals surface area contributed by atoms with E-state index in [1.54, 1.807) is 13.1 Å². The average molecular weight is 249 g/mol. The third kappa shape index (κ3) is 2.37. The van der Waals surface area contributed by atoms with Crippen LogP contribution in [0.25, 0.3) is 0 Å². The summed E-state index contributed by atoms with van der Waals surface area (Å²) in [4.78, 5) is 25.4. The lowest BCUT2D eigenvalue weighted by molar-refractivity contribution is -0.116. The number of anilines is 1. The molecule has 8 nitrogen and oxygen atoms in total. The van der Waals surface area contributed by atoms with E-state index in [0.29, 0.717) is 5.69 Å². The van der Waals surface area contributed by atoms with Crippen molar-refractivity contribution in [1.82, 2.24) is 20.0 Å². The molecule has 0 radical (unpaired) electrons. The summed E-state index contributed by atoms with van der Waals surface area (Å²) in [5.74, 6) is -1.47. The molecule has 1 amide bonds. The van der Waals surface area contributed by atoms with Crippen molar-refractivity contribution in [3.05, 3.63) is 29.8 Å². The molecule has 0 aromatic carbocycles. The third-order valence-corrected chi connectivity index (χ3v) is 2.34. The first-order chi connectivity index (χ1) is 8.58. The first-order valence-corrected chi connectivity index (χ1v) is 5.13. The highest BCUT2D eigenvalue weighted by atomic mass is 16.4. The smallest absolute Gasteiger partial charge is 0.339 e. The lowest BCUT2D eigenvalue weighted by atomic mass is 10.2. The van der Waals surface area contributed by atoms with Crippen LogP contribution in [0.1, 0.15) is 16.1 Å². The Labute approximate surface area is 102 Å². The van der Waals surface area contributed by atoms with E-state index in [2.05, 4.69) is 20.6 Å². The number of aromatic carboxylic acids is 1. The molecule has 2 rings (SSSR count). The molecule has 0 fully saturated rings. The molecule has 8 heteroatoms. The number of amides is 1. The zero-order chi connectivity index (χ0) is 13.1. The fourth-order valence-electron chi connectivity index (χ4n) is 1.55. The molecular formula is C10H11N5O3. The third-order valence-electron chi connectivity index (χ3n) is 2.34. The second-order valence-electron chi connectivity index (χ2n) is 3.66. The number of carboxylic acids is 1. The number of carbonyl (C=O) groups is 2. The van der Waals surface area contributed by atoms with Gasteiger partial charge >= 0.3 is 5.97 Å². The van der Waals surface area contributed by atoms with Crippen LogP contribution in [0, 0.1) is 6.92 Å². The Bertz CT molecular complexity index is 572. The standard InChI is InChI=1S/C10H11N5O3/c1-6-9(10(17)18)7(4-11-6)13-8(16)5-15-3-2-12-14-15/h2-4,11H,5H2,1H3,(H,13,16)(H,17,18). The topological polar surface area (TPSA) is 113 Å². The molecule has 2 aromatic heterocycles. The summed E-state index contributed by atoms with van der Waals surface area (Å²) < 4.78 is 1.34. The van der Waals surface area contributed by atoms with Crippen molar-refractivity contribution in [2.24, 2.45) is 0 Å². The van der Waals surface area contributed by atoms with Crippen molar-refractivity contribution in [2.45, 2.75) is 13.5 Å². The van der Waals surface area contributed by atoms with Gasteiger partial charge in [0.2, 0.25) is 5.91 Å². The van der Waals surface area contributed by atoms with Gasteiger partial charge in [0.15, 0.2) is 0 Å². The zero-order valence-corrected chi connectivity index (χ0v) is 9.54. The van der Waals surface area contributed by atoms with Crippen molar-refractivity contribution in [3.63, 3.8) is 0 Å². The normalized spacial score (nSPS) is 10.3. The predicted octanol–water partition coefficient (Wildman–Crippen LogP) is 0.252. The second-order valence-corrected chi connectivity index (χ2v) is 3.66. The first kappa shape index (κ1) is 11.8. The fourth-order valence-corrected chi connectivity index (χ4v) is 1.55. The largest absolute Gasteiger partial charge is 0.478 e. The number of H-pyrrole nitrogens is 1. The van der Waals surface area contributed by atoms with Gasteiger partial charge in [-0.3, -0.25) is 4.79 Å². The Hall–Kier alpha value is -2.64. The Balaban J connectivity index is 2.10. The van der Waals surface area contributed by atoms with Crippen molar-refractivity contribution >= 4 is 17.6 Å². The minimum absolute atomic E-state index is 0.0245. The zero-order valence-electron chi connectivity index (χ0n) is 9.54. The van der Waals surface area contributed by atoms with Crippen molar-refractivity contribution in [1.29, 1.82) is 0 Å². The van der Waals surface area contributed by atoms with Crippen LogP contribution in [0.5, 0.6) is 0 Å². The molecule has 0 unspecified atom stereocenters. The average Bonchev–Trinajstić information content (AvgIpc) is 2.88. The molecule has 0 saturated carbocycles. The fraction of sp³-hybridized carbons (Fsp3) is 0.200. The molecular weight excluding hydrogens is 238 g/mol. The van der Waals surface area contributed by atoms with Gasteiger partial charge in [0.05, 0.1) is 11.9 Å². The number of aryl methyl sites for hydroxylation is 1. The van der Waals surface area contributed by atoms with E-state index >= 15 is 0 Å². The molecule has 2 heterocycles. The molecule has 0 atom stereocenters. The summed E-state index contributed by atoms with van der Waals surface area (Å²) in [5, 5.41) is 18.7. The van der Waals surface area contributed by atoms with E-state index in [1.807, 2.05) is 0 Å². The van der Waals surface area contributed by atoms with E-state index in [0.717, 1.165) is 0 Å². The molecule has 0 saturated heterocycles. The first-order valence-electron chi connectivity index (χ1n) is 5.13. The number of rotatable bonds is 4. The van der Waals surface area contributed by atoms with Gasteiger partial charge in [0, 0.05) is 18.1 Å². The van der Waals surface area contributed by atoms with Gasteiger partial charge in [-0.05, 0) is 6.92 Å². The van der Waals surface area contributed by atoms with Crippen LogP contribution in [0.2, 0.25) is 0 Å². The van der Waals surface area contributed by atoms with Crippen LogP contribution in [-0.4, -0.2) is 37.0 Å². The van der Waals surface area contributed by atoms with Gasteiger partial charge in [-0.25, -0.2) is 9.48 Å². The highest BCUT2D eigenvalue weighted by Crippen LogP contribution is 2.18. The summed E-state index contributed by atoms with van der Waals surface area (Å²) >= 11 is 0. The molecule has 0 aliphatic rings. The molecule has 2 aromatic rings. The quantitative estimate of drug-likeness (QED) is 0.718.